The topological polar surface area (TPSA) is 27.9 Å². The number of hydrogen-bond donors (Lipinski definition) is 0. The molecule has 0 saturated carbocycles. The molecule has 0 aliphatic rings. The molecular formula is C79H53N3OSi. The van der Waals surface area contributed by atoms with E-state index in [9.17, 15) is 0 Å². The van der Waals surface area contributed by atoms with Crippen LogP contribution in [0.1, 0.15) is 5.56 Å². The average Bonchev–Trinajstić information content (AvgIpc) is 2.66. The molecule has 0 amide bonds. The van der Waals surface area contributed by atoms with E-state index in [2.05, 4.69) is 323 Å². The highest BCUT2D eigenvalue weighted by Gasteiger charge is 2.41. The van der Waals surface area contributed by atoms with Gasteiger partial charge in [0.05, 0.1) is 38.8 Å². The van der Waals surface area contributed by atoms with Crippen LogP contribution in [0.3, 0.4) is 0 Å². The minimum absolute atomic E-state index is 0.845. The Morgan fingerprint density at radius 2 is 0.762 bits per heavy atom. The number of nitrogens with zero attached hydrogens (tertiary/aromatic N) is 3. The van der Waals surface area contributed by atoms with Crippen LogP contribution >= 0.6 is 0 Å². The summed E-state index contributed by atoms with van der Waals surface area (Å²) < 4.78 is 14.2. The van der Waals surface area contributed by atoms with Crippen molar-refractivity contribution in [1.82, 2.24) is 13.7 Å². The summed E-state index contributed by atoms with van der Waals surface area (Å²) >= 11 is 0. The summed E-state index contributed by atoms with van der Waals surface area (Å²) in [6, 6.07) is 115. The van der Waals surface area contributed by atoms with E-state index < -0.39 is 8.07 Å². The lowest BCUT2D eigenvalue weighted by Gasteiger charge is -2.34. The molecule has 4 heterocycles. The maximum atomic E-state index is 6.68. The van der Waals surface area contributed by atoms with E-state index >= 15 is 0 Å². The van der Waals surface area contributed by atoms with E-state index in [1.807, 2.05) is 0 Å². The summed E-state index contributed by atoms with van der Waals surface area (Å²) in [5, 5.41) is 13.8. The van der Waals surface area contributed by atoms with Crippen LogP contribution in [0.15, 0.2) is 314 Å². The van der Waals surface area contributed by atoms with Crippen LogP contribution in [0.25, 0.3) is 127 Å². The van der Waals surface area contributed by atoms with Gasteiger partial charge in [0.2, 0.25) is 0 Å². The van der Waals surface area contributed by atoms with Crippen molar-refractivity contribution in [1.29, 1.82) is 0 Å². The third-order valence-electron chi connectivity index (χ3n) is 17.9. The lowest BCUT2D eigenvalue weighted by molar-refractivity contribution is 0.669. The van der Waals surface area contributed by atoms with Gasteiger partial charge in [0, 0.05) is 54.5 Å². The molecule has 0 fully saturated rings. The van der Waals surface area contributed by atoms with Crippen LogP contribution in [0, 0.1) is 0 Å². The van der Waals surface area contributed by atoms with Crippen molar-refractivity contribution in [3.8, 4) is 39.3 Å². The van der Waals surface area contributed by atoms with Crippen LogP contribution in [-0.2, 0) is 6.04 Å². The van der Waals surface area contributed by atoms with Crippen molar-refractivity contribution >= 4 is 111 Å². The Morgan fingerprint density at radius 1 is 0.274 bits per heavy atom. The molecule has 0 radical (unpaired) electrons. The summed E-state index contributed by atoms with van der Waals surface area (Å²) in [5.41, 5.74) is 18.2. The number of hydrogen-bond acceptors (Lipinski definition) is 1. The maximum Gasteiger partial charge on any atom is 0.152 e. The minimum Gasteiger partial charge on any atom is -0.456 e. The van der Waals surface area contributed by atoms with Crippen molar-refractivity contribution in [2.75, 3.05) is 0 Å². The Bertz CT molecular complexity index is 5320. The molecule has 0 saturated heterocycles. The Kier molecular flexibility index (Phi) is 11.0. The monoisotopic (exact) mass is 1090 g/mol. The van der Waals surface area contributed by atoms with E-state index in [1.54, 1.807) is 0 Å². The zero-order valence-electron chi connectivity index (χ0n) is 45.9. The first-order chi connectivity index (χ1) is 41.7. The summed E-state index contributed by atoms with van der Waals surface area (Å²) in [7, 11) is -2.94. The first-order valence-corrected chi connectivity index (χ1v) is 31.2. The molecular weight excluding hydrogens is 1030 g/mol. The Labute approximate surface area is 486 Å². The second kappa shape index (κ2) is 19.2. The van der Waals surface area contributed by atoms with Crippen LogP contribution in [-0.4, -0.2) is 21.8 Å². The van der Waals surface area contributed by atoms with Gasteiger partial charge < -0.3 is 18.1 Å². The van der Waals surface area contributed by atoms with E-state index in [4.69, 9.17) is 4.42 Å². The van der Waals surface area contributed by atoms with Gasteiger partial charge in [0.15, 0.2) is 8.07 Å². The Balaban J connectivity index is 0.860. The van der Waals surface area contributed by atoms with Gasteiger partial charge in [-0.05, 0) is 134 Å². The molecule has 4 aromatic heterocycles. The third-order valence-corrected chi connectivity index (χ3v) is 22.7. The third kappa shape index (κ3) is 7.32. The molecule has 0 atom stereocenters. The van der Waals surface area contributed by atoms with Gasteiger partial charge in [-0.2, -0.15) is 0 Å². The van der Waals surface area contributed by atoms with Crippen molar-refractivity contribution in [3.05, 3.63) is 315 Å². The number of para-hydroxylation sites is 4. The quantitative estimate of drug-likeness (QED) is 0.0991. The van der Waals surface area contributed by atoms with Gasteiger partial charge in [-0.25, -0.2) is 0 Å². The van der Waals surface area contributed by atoms with Crippen molar-refractivity contribution in [2.24, 2.45) is 0 Å². The highest BCUT2D eigenvalue weighted by molar-refractivity contribution is 7.11. The lowest BCUT2D eigenvalue weighted by atomic mass is 9.96. The van der Waals surface area contributed by atoms with Crippen molar-refractivity contribution in [2.45, 2.75) is 6.04 Å². The van der Waals surface area contributed by atoms with Crippen molar-refractivity contribution < 1.29 is 4.42 Å². The number of fused-ring (bicyclic) bond motifs is 12. The number of furan rings is 1. The molecule has 0 unspecified atom stereocenters. The maximum absolute atomic E-state index is 6.68. The van der Waals surface area contributed by atoms with Gasteiger partial charge in [-0.3, -0.25) is 0 Å². The van der Waals surface area contributed by atoms with E-state index in [0.29, 0.717) is 0 Å². The van der Waals surface area contributed by atoms with Crippen LogP contribution in [0.2, 0.25) is 0 Å². The standard InChI is InChI=1S/C79H53N3OSi/c1-4-23-53(24-5-1)54-25-18-26-55(49-54)62-38-21-46-76-78(62)67-51-58(47-48-75(67)83-76)81-70-41-16-13-37-66(70)79-73(81)44-22-45-74(79)82-71-42-17-12-36-65(71)77-56(27-19-43-72(77)82)52-84(59-29-6-2-7-30-59,60-31-8-3-9-32-60)61-33-20-28-57(50-61)80-68-39-14-10-34-63(68)64-35-11-15-40-69(64)80/h1-51H,52H2. The van der Waals surface area contributed by atoms with Crippen LogP contribution in [0.5, 0.6) is 0 Å². The molecule has 17 rings (SSSR count). The Morgan fingerprint density at radius 3 is 1.46 bits per heavy atom. The molecule has 84 heavy (non-hydrogen) atoms. The van der Waals surface area contributed by atoms with E-state index in [1.165, 1.54) is 92.3 Å². The number of rotatable bonds is 10. The van der Waals surface area contributed by atoms with E-state index in [0.717, 1.165) is 61.5 Å². The molecule has 5 heteroatoms. The van der Waals surface area contributed by atoms with Crippen LogP contribution in [0.4, 0.5) is 0 Å². The van der Waals surface area contributed by atoms with Crippen molar-refractivity contribution in [3.63, 3.8) is 0 Å². The fraction of sp³-hybridized carbons (Fsp3) is 0.0127. The van der Waals surface area contributed by atoms with Gasteiger partial charge in [0.1, 0.15) is 11.2 Å². The molecule has 4 nitrogen and oxygen atoms in total. The fourth-order valence-corrected chi connectivity index (χ4v) is 19.1. The summed E-state index contributed by atoms with van der Waals surface area (Å²) in [6.45, 7) is 0. The summed E-state index contributed by atoms with van der Waals surface area (Å²) in [4.78, 5) is 0. The second-order valence-corrected chi connectivity index (χ2v) is 26.2. The molecule has 394 valence electrons. The molecule has 0 bridgehead atoms. The molecule has 0 N–H and O–H groups in total. The molecule has 0 spiro atoms. The highest BCUT2D eigenvalue weighted by atomic mass is 28.3. The average molecular weight is 1090 g/mol. The predicted octanol–water partition coefficient (Wildman–Crippen LogP) is 18.5. The first kappa shape index (κ1) is 48.0. The first-order valence-electron chi connectivity index (χ1n) is 29.0. The highest BCUT2D eigenvalue weighted by Crippen LogP contribution is 2.44. The molecule has 17 aromatic rings. The van der Waals surface area contributed by atoms with Gasteiger partial charge in [0.25, 0.3) is 0 Å². The fourth-order valence-electron chi connectivity index (χ4n) is 14.3. The lowest BCUT2D eigenvalue weighted by Crippen LogP contribution is -2.69. The number of benzene rings is 13. The molecule has 0 aliphatic heterocycles. The zero-order chi connectivity index (χ0) is 55.3. The second-order valence-electron chi connectivity index (χ2n) is 22.3. The normalized spacial score (nSPS) is 12.1. The molecule has 13 aromatic carbocycles. The summed E-state index contributed by atoms with van der Waals surface area (Å²) in [5.74, 6) is 0. The van der Waals surface area contributed by atoms with Crippen LogP contribution < -0.4 is 15.6 Å². The largest absolute Gasteiger partial charge is 0.456 e. The van der Waals surface area contributed by atoms with Gasteiger partial charge in [-0.15, -0.1) is 0 Å². The minimum atomic E-state index is -2.94. The summed E-state index contributed by atoms with van der Waals surface area (Å²) in [6.07, 6.45) is 0. The predicted molar refractivity (Wildman–Crippen MR) is 355 cm³/mol. The van der Waals surface area contributed by atoms with Gasteiger partial charge in [-0.1, -0.05) is 224 Å². The molecule has 0 aliphatic carbocycles. The number of aromatic nitrogens is 3. The van der Waals surface area contributed by atoms with Gasteiger partial charge >= 0.3 is 0 Å². The smallest absolute Gasteiger partial charge is 0.152 e. The SMILES string of the molecule is c1ccc(-c2cccc(-c3cccc4oc5ccc(-n6c7ccccc7c7c(-n8c9ccccc9c9c(C[Si](c%10ccccc%10)(c%10ccccc%10)c%10cccc(-n%11c%12ccccc%12c%12ccccc%12%11)c%10)cccc98)cccc76)cc5c34)c2)cc1. The Hall–Kier alpha value is -10.7. The zero-order valence-corrected chi connectivity index (χ0v) is 46.9. The van der Waals surface area contributed by atoms with E-state index in [-0.39, 0.29) is 0 Å².